The van der Waals surface area contributed by atoms with Crippen LogP contribution in [0, 0.1) is 6.92 Å². The summed E-state index contributed by atoms with van der Waals surface area (Å²) in [7, 11) is 2.13. The van der Waals surface area contributed by atoms with Crippen molar-refractivity contribution in [3.05, 3.63) is 29.6 Å². The monoisotopic (exact) mass is 207 g/mol. The third-order valence-corrected chi connectivity index (χ3v) is 2.30. The molecule has 0 aromatic carbocycles. The summed E-state index contributed by atoms with van der Waals surface area (Å²) in [6.45, 7) is 8.22. The minimum absolute atomic E-state index is 0.924. The Kier molecular flexibility index (Phi) is 5.29. The molecule has 3 nitrogen and oxygen atoms in total. The summed E-state index contributed by atoms with van der Waals surface area (Å²) >= 11 is 0. The number of likely N-dealkylation sites (N-methyl/N-ethyl adjacent to an activating group) is 2. The van der Waals surface area contributed by atoms with Gasteiger partial charge in [-0.05, 0) is 32.6 Å². The first-order chi connectivity index (χ1) is 7.22. The lowest BCUT2D eigenvalue weighted by Gasteiger charge is -2.16. The van der Waals surface area contributed by atoms with Crippen molar-refractivity contribution in [2.75, 3.05) is 26.7 Å². The number of nitrogens with zero attached hydrogens (tertiary/aromatic N) is 2. The Bertz CT molecular complexity index is 286. The quantitative estimate of drug-likeness (QED) is 0.715. The van der Waals surface area contributed by atoms with Crippen molar-refractivity contribution in [1.82, 2.24) is 15.2 Å². The molecule has 0 saturated heterocycles. The summed E-state index contributed by atoms with van der Waals surface area (Å²) in [6.07, 6.45) is 0. The molecule has 1 rings (SSSR count). The number of aryl methyl sites for hydroxylation is 1. The fourth-order valence-corrected chi connectivity index (χ4v) is 1.49. The van der Waals surface area contributed by atoms with Crippen molar-refractivity contribution in [3.63, 3.8) is 0 Å². The van der Waals surface area contributed by atoms with Crippen LogP contribution < -0.4 is 5.32 Å². The third-order valence-electron chi connectivity index (χ3n) is 2.30. The van der Waals surface area contributed by atoms with E-state index < -0.39 is 0 Å². The molecule has 0 aliphatic heterocycles. The normalized spacial score (nSPS) is 10.9. The Morgan fingerprint density at radius 2 is 2.20 bits per heavy atom. The van der Waals surface area contributed by atoms with Crippen LogP contribution in [0.1, 0.15) is 18.3 Å². The lowest BCUT2D eigenvalue weighted by Crippen LogP contribution is -2.29. The lowest BCUT2D eigenvalue weighted by molar-refractivity contribution is 0.321. The van der Waals surface area contributed by atoms with Crippen LogP contribution in [0.2, 0.25) is 0 Å². The molecule has 0 atom stereocenters. The van der Waals surface area contributed by atoms with E-state index in [9.17, 15) is 0 Å². The Labute approximate surface area is 92.5 Å². The topological polar surface area (TPSA) is 28.2 Å². The van der Waals surface area contributed by atoms with Crippen molar-refractivity contribution in [3.8, 4) is 0 Å². The Morgan fingerprint density at radius 1 is 1.40 bits per heavy atom. The van der Waals surface area contributed by atoms with E-state index in [1.807, 2.05) is 13.0 Å². The minimum atomic E-state index is 0.924. The van der Waals surface area contributed by atoms with Gasteiger partial charge in [0.05, 0.1) is 5.69 Å². The predicted molar refractivity (Wildman–Crippen MR) is 63.9 cm³/mol. The zero-order chi connectivity index (χ0) is 11.1. The summed E-state index contributed by atoms with van der Waals surface area (Å²) in [5.74, 6) is 0. The second kappa shape index (κ2) is 6.53. The summed E-state index contributed by atoms with van der Waals surface area (Å²) in [4.78, 5) is 6.76. The van der Waals surface area contributed by atoms with Crippen LogP contribution in [0.5, 0.6) is 0 Å². The molecule has 0 fully saturated rings. The average Bonchev–Trinajstić information content (AvgIpc) is 2.18. The lowest BCUT2D eigenvalue weighted by atomic mass is 10.3. The second-order valence-corrected chi connectivity index (χ2v) is 3.86. The fourth-order valence-electron chi connectivity index (χ4n) is 1.49. The van der Waals surface area contributed by atoms with Crippen LogP contribution in [0.25, 0.3) is 0 Å². The van der Waals surface area contributed by atoms with Gasteiger partial charge in [-0.3, -0.25) is 9.88 Å². The van der Waals surface area contributed by atoms with Crippen molar-refractivity contribution in [2.45, 2.75) is 20.4 Å². The summed E-state index contributed by atoms with van der Waals surface area (Å²) < 4.78 is 0. The van der Waals surface area contributed by atoms with Gasteiger partial charge in [0.25, 0.3) is 0 Å². The molecule has 1 aromatic heterocycles. The van der Waals surface area contributed by atoms with Crippen LogP contribution in [-0.4, -0.2) is 36.6 Å². The predicted octanol–water partition coefficient (Wildman–Crippen LogP) is 1.43. The van der Waals surface area contributed by atoms with Crippen molar-refractivity contribution < 1.29 is 0 Å². The first-order valence-electron chi connectivity index (χ1n) is 5.54. The van der Waals surface area contributed by atoms with Crippen LogP contribution in [0.4, 0.5) is 0 Å². The SMILES string of the molecule is CCNCCN(C)Cc1cccc(C)n1. The van der Waals surface area contributed by atoms with E-state index in [1.165, 1.54) is 0 Å². The summed E-state index contributed by atoms with van der Waals surface area (Å²) in [5, 5.41) is 3.31. The molecule has 84 valence electrons. The van der Waals surface area contributed by atoms with Gasteiger partial charge in [-0.2, -0.15) is 0 Å². The second-order valence-electron chi connectivity index (χ2n) is 3.86. The third kappa shape index (κ3) is 4.91. The Balaban J connectivity index is 2.34. The maximum Gasteiger partial charge on any atom is 0.0547 e. The van der Waals surface area contributed by atoms with Crippen LogP contribution >= 0.6 is 0 Å². The molecule has 1 aromatic rings. The highest BCUT2D eigenvalue weighted by atomic mass is 15.1. The van der Waals surface area contributed by atoms with Crippen molar-refractivity contribution in [1.29, 1.82) is 0 Å². The van der Waals surface area contributed by atoms with E-state index in [4.69, 9.17) is 0 Å². The van der Waals surface area contributed by atoms with Gasteiger partial charge in [-0.1, -0.05) is 13.0 Å². The van der Waals surface area contributed by atoms with E-state index >= 15 is 0 Å². The molecule has 0 radical (unpaired) electrons. The number of nitrogens with one attached hydrogen (secondary N) is 1. The first kappa shape index (κ1) is 12.1. The summed E-state index contributed by atoms with van der Waals surface area (Å²) in [6, 6.07) is 6.18. The zero-order valence-electron chi connectivity index (χ0n) is 9.95. The van der Waals surface area contributed by atoms with Gasteiger partial charge >= 0.3 is 0 Å². The number of hydrogen-bond donors (Lipinski definition) is 1. The largest absolute Gasteiger partial charge is 0.316 e. The molecular weight excluding hydrogens is 186 g/mol. The first-order valence-corrected chi connectivity index (χ1v) is 5.54. The van der Waals surface area contributed by atoms with Crippen molar-refractivity contribution >= 4 is 0 Å². The fraction of sp³-hybridized carbons (Fsp3) is 0.583. The number of rotatable bonds is 6. The molecule has 15 heavy (non-hydrogen) atoms. The van der Waals surface area contributed by atoms with E-state index in [0.717, 1.165) is 37.6 Å². The average molecular weight is 207 g/mol. The zero-order valence-corrected chi connectivity index (χ0v) is 9.95. The van der Waals surface area contributed by atoms with E-state index in [1.54, 1.807) is 0 Å². The molecule has 3 heteroatoms. The van der Waals surface area contributed by atoms with Crippen LogP contribution in [-0.2, 0) is 6.54 Å². The van der Waals surface area contributed by atoms with Gasteiger partial charge in [0.2, 0.25) is 0 Å². The Hall–Kier alpha value is -0.930. The number of aromatic nitrogens is 1. The van der Waals surface area contributed by atoms with Crippen molar-refractivity contribution in [2.24, 2.45) is 0 Å². The molecule has 0 aliphatic rings. The number of hydrogen-bond acceptors (Lipinski definition) is 3. The maximum atomic E-state index is 4.48. The molecule has 0 bridgehead atoms. The molecule has 0 amide bonds. The molecule has 1 N–H and O–H groups in total. The smallest absolute Gasteiger partial charge is 0.0547 e. The van der Waals surface area contributed by atoms with E-state index in [-0.39, 0.29) is 0 Å². The van der Waals surface area contributed by atoms with Crippen LogP contribution in [0.15, 0.2) is 18.2 Å². The van der Waals surface area contributed by atoms with Gasteiger partial charge in [0.1, 0.15) is 0 Å². The highest BCUT2D eigenvalue weighted by Gasteiger charge is 2.00. The standard InChI is InChI=1S/C12H21N3/c1-4-13-8-9-15(3)10-12-7-5-6-11(2)14-12/h5-7,13H,4,8-10H2,1-3H3. The highest BCUT2D eigenvalue weighted by molar-refractivity contribution is 5.09. The van der Waals surface area contributed by atoms with Gasteiger partial charge in [-0.15, -0.1) is 0 Å². The highest BCUT2D eigenvalue weighted by Crippen LogP contribution is 2.00. The Morgan fingerprint density at radius 3 is 2.87 bits per heavy atom. The summed E-state index contributed by atoms with van der Waals surface area (Å²) in [5.41, 5.74) is 2.24. The van der Waals surface area contributed by atoms with Gasteiger partial charge in [0.15, 0.2) is 0 Å². The number of pyridine rings is 1. The molecule has 0 saturated carbocycles. The molecule has 1 heterocycles. The van der Waals surface area contributed by atoms with E-state index in [2.05, 4.69) is 41.3 Å². The minimum Gasteiger partial charge on any atom is -0.316 e. The molecule has 0 aliphatic carbocycles. The van der Waals surface area contributed by atoms with Gasteiger partial charge < -0.3 is 5.32 Å². The molecule has 0 spiro atoms. The van der Waals surface area contributed by atoms with Gasteiger partial charge in [-0.25, -0.2) is 0 Å². The van der Waals surface area contributed by atoms with E-state index in [0.29, 0.717) is 0 Å². The van der Waals surface area contributed by atoms with Crippen LogP contribution in [0.3, 0.4) is 0 Å². The maximum absolute atomic E-state index is 4.48. The molecular formula is C12H21N3. The molecule has 0 unspecified atom stereocenters. The van der Waals surface area contributed by atoms with Gasteiger partial charge in [0, 0.05) is 25.3 Å².